The van der Waals surface area contributed by atoms with Gasteiger partial charge in [0.05, 0.1) is 18.0 Å². The van der Waals surface area contributed by atoms with Crippen molar-refractivity contribution in [2.45, 2.75) is 25.2 Å². The van der Waals surface area contributed by atoms with Crippen LogP contribution < -0.4 is 0 Å². The van der Waals surface area contributed by atoms with E-state index in [0.717, 1.165) is 26.1 Å². The van der Waals surface area contributed by atoms with Gasteiger partial charge in [-0.2, -0.15) is 9.40 Å². The Labute approximate surface area is 126 Å². The summed E-state index contributed by atoms with van der Waals surface area (Å²) in [4.78, 5) is 2.57. The first-order valence-electron chi connectivity index (χ1n) is 7.20. The molecule has 0 saturated carbocycles. The second kappa shape index (κ2) is 6.87. The highest BCUT2D eigenvalue weighted by Gasteiger charge is 2.30. The first kappa shape index (κ1) is 16.4. The molecule has 1 aromatic heterocycles. The molecule has 21 heavy (non-hydrogen) atoms. The van der Waals surface area contributed by atoms with Crippen molar-refractivity contribution in [3.05, 3.63) is 11.4 Å². The molecule has 2 heterocycles. The van der Waals surface area contributed by atoms with Crippen LogP contribution in [-0.4, -0.2) is 74.3 Å². The molecule has 120 valence electrons. The van der Waals surface area contributed by atoms with E-state index >= 15 is 0 Å². The van der Waals surface area contributed by atoms with Crippen molar-refractivity contribution in [1.82, 2.24) is 19.4 Å². The fourth-order valence-corrected chi connectivity index (χ4v) is 4.48. The largest absolute Gasteiger partial charge is 0.383 e. The number of methoxy groups -OCH3 is 1. The minimum absolute atomic E-state index is 0.327. The summed E-state index contributed by atoms with van der Waals surface area (Å²) in [5.41, 5.74) is 1.14. The lowest BCUT2D eigenvalue weighted by Crippen LogP contribution is -2.36. The maximum absolute atomic E-state index is 12.8. The zero-order valence-electron chi connectivity index (χ0n) is 12.9. The summed E-state index contributed by atoms with van der Waals surface area (Å²) in [5.74, 6) is 0. The molecule has 0 amide bonds. The molecule has 0 radical (unpaired) electrons. The zero-order valence-corrected chi connectivity index (χ0v) is 13.7. The Balaban J connectivity index is 2.11. The third-order valence-electron chi connectivity index (χ3n) is 3.82. The average molecular weight is 316 g/mol. The fraction of sp³-hybridized carbons (Fsp3) is 0.769. The van der Waals surface area contributed by atoms with Gasteiger partial charge in [-0.1, -0.05) is 0 Å². The quantitative estimate of drug-likeness (QED) is 0.849. The lowest BCUT2D eigenvalue weighted by molar-refractivity contribution is 0.151. The Bertz CT molecular complexity index is 550. The van der Waals surface area contributed by atoms with Crippen molar-refractivity contribution in [3.8, 4) is 0 Å². The molecule has 0 spiro atoms. The van der Waals surface area contributed by atoms with Crippen LogP contribution >= 0.6 is 0 Å². The van der Waals surface area contributed by atoms with Crippen LogP contribution in [0.25, 0.3) is 0 Å². The Morgan fingerprint density at radius 1 is 1.24 bits per heavy atom. The van der Waals surface area contributed by atoms with Crippen molar-refractivity contribution in [3.63, 3.8) is 0 Å². The van der Waals surface area contributed by atoms with Gasteiger partial charge in [-0.25, -0.2) is 8.42 Å². The minimum Gasteiger partial charge on any atom is -0.383 e. The Morgan fingerprint density at radius 2 is 2.00 bits per heavy atom. The Kier molecular flexibility index (Phi) is 5.37. The molecule has 7 nitrogen and oxygen atoms in total. The maximum Gasteiger partial charge on any atom is 0.246 e. The molecular formula is C13H24N4O3S. The third-order valence-corrected chi connectivity index (χ3v) is 5.98. The normalized spacial score (nSPS) is 18.8. The molecule has 1 aliphatic heterocycles. The second-order valence-corrected chi connectivity index (χ2v) is 7.23. The molecule has 0 atom stereocenters. The number of nitrogens with zero attached hydrogens (tertiary/aromatic N) is 3. The van der Waals surface area contributed by atoms with Crippen LogP contribution in [0.15, 0.2) is 4.90 Å². The molecule has 1 saturated heterocycles. The number of ether oxygens (including phenoxy) is 1. The van der Waals surface area contributed by atoms with E-state index in [1.807, 2.05) is 0 Å². The topological polar surface area (TPSA) is 78.5 Å². The lowest BCUT2D eigenvalue weighted by atomic mass is 10.4. The van der Waals surface area contributed by atoms with E-state index < -0.39 is 10.0 Å². The van der Waals surface area contributed by atoms with Gasteiger partial charge >= 0.3 is 0 Å². The van der Waals surface area contributed by atoms with Crippen LogP contribution in [0.1, 0.15) is 17.8 Å². The van der Waals surface area contributed by atoms with Gasteiger partial charge in [0, 0.05) is 33.3 Å². The van der Waals surface area contributed by atoms with Crippen molar-refractivity contribution in [1.29, 1.82) is 0 Å². The predicted octanol–water partition coefficient (Wildman–Crippen LogP) is 0.369. The van der Waals surface area contributed by atoms with Gasteiger partial charge in [-0.15, -0.1) is 0 Å². The summed E-state index contributed by atoms with van der Waals surface area (Å²) < 4.78 is 32.2. The monoisotopic (exact) mass is 316 g/mol. The van der Waals surface area contributed by atoms with E-state index in [9.17, 15) is 8.42 Å². The van der Waals surface area contributed by atoms with Crippen LogP contribution in [0.2, 0.25) is 0 Å². The standard InChI is InChI=1S/C13H24N4O3S/c1-11-13(12(2)15-14-11)21(18,19)17-6-4-5-16(7-8-17)9-10-20-3/h4-10H2,1-3H3,(H,14,15). The average Bonchev–Trinajstić information content (AvgIpc) is 2.66. The smallest absolute Gasteiger partial charge is 0.246 e. The lowest BCUT2D eigenvalue weighted by Gasteiger charge is -2.21. The minimum atomic E-state index is -3.47. The highest BCUT2D eigenvalue weighted by atomic mass is 32.2. The summed E-state index contributed by atoms with van der Waals surface area (Å²) in [7, 11) is -1.79. The summed E-state index contributed by atoms with van der Waals surface area (Å²) in [6.07, 6.45) is 0.832. The zero-order chi connectivity index (χ0) is 15.5. The summed E-state index contributed by atoms with van der Waals surface area (Å²) >= 11 is 0. The molecule has 0 aliphatic carbocycles. The van der Waals surface area contributed by atoms with Gasteiger partial charge in [-0.3, -0.25) is 10.00 Å². The molecule has 0 aromatic carbocycles. The molecule has 1 aliphatic rings. The van der Waals surface area contributed by atoms with Gasteiger partial charge in [-0.05, 0) is 26.8 Å². The molecule has 1 fully saturated rings. The Hall–Kier alpha value is -0.960. The SMILES string of the molecule is COCCN1CCCN(S(=O)(=O)c2c(C)n[nH]c2C)CC1. The van der Waals surface area contributed by atoms with Crippen LogP contribution in [0, 0.1) is 13.8 Å². The van der Waals surface area contributed by atoms with E-state index in [2.05, 4.69) is 15.1 Å². The molecule has 1 N–H and O–H groups in total. The Morgan fingerprint density at radius 3 is 2.62 bits per heavy atom. The number of aromatic nitrogens is 2. The van der Waals surface area contributed by atoms with Crippen LogP contribution in [0.4, 0.5) is 0 Å². The second-order valence-electron chi connectivity index (χ2n) is 5.36. The molecule has 0 bridgehead atoms. The number of nitrogens with one attached hydrogen (secondary N) is 1. The maximum atomic E-state index is 12.8. The molecular weight excluding hydrogens is 292 g/mol. The third kappa shape index (κ3) is 3.63. The van der Waals surface area contributed by atoms with Gasteiger partial charge in [0.1, 0.15) is 4.90 Å². The summed E-state index contributed by atoms with van der Waals surface area (Å²) in [6, 6.07) is 0. The summed E-state index contributed by atoms with van der Waals surface area (Å²) in [6.45, 7) is 7.68. The van der Waals surface area contributed by atoms with E-state index in [4.69, 9.17) is 4.74 Å². The highest BCUT2D eigenvalue weighted by molar-refractivity contribution is 7.89. The molecule has 2 rings (SSSR count). The number of hydrogen-bond donors (Lipinski definition) is 1. The van der Waals surface area contributed by atoms with E-state index in [1.54, 1.807) is 25.3 Å². The van der Waals surface area contributed by atoms with E-state index in [1.165, 1.54) is 0 Å². The van der Waals surface area contributed by atoms with Crippen LogP contribution in [-0.2, 0) is 14.8 Å². The van der Waals surface area contributed by atoms with Crippen molar-refractivity contribution < 1.29 is 13.2 Å². The van der Waals surface area contributed by atoms with Crippen LogP contribution in [0.3, 0.4) is 0 Å². The number of hydrogen-bond acceptors (Lipinski definition) is 5. The predicted molar refractivity (Wildman–Crippen MR) is 79.8 cm³/mol. The van der Waals surface area contributed by atoms with Crippen molar-refractivity contribution in [2.24, 2.45) is 0 Å². The van der Waals surface area contributed by atoms with E-state index in [-0.39, 0.29) is 0 Å². The number of H-pyrrole nitrogens is 1. The van der Waals surface area contributed by atoms with Gasteiger partial charge < -0.3 is 4.74 Å². The number of aromatic amines is 1. The van der Waals surface area contributed by atoms with Crippen molar-refractivity contribution in [2.75, 3.05) is 46.4 Å². The van der Waals surface area contributed by atoms with Crippen molar-refractivity contribution >= 4 is 10.0 Å². The molecule has 1 aromatic rings. The van der Waals surface area contributed by atoms with E-state index in [0.29, 0.717) is 36.0 Å². The molecule has 8 heteroatoms. The number of aryl methyl sites for hydroxylation is 2. The summed E-state index contributed by atoms with van der Waals surface area (Å²) in [5, 5.41) is 6.75. The van der Waals surface area contributed by atoms with Crippen LogP contribution in [0.5, 0.6) is 0 Å². The highest BCUT2D eigenvalue weighted by Crippen LogP contribution is 2.22. The number of rotatable bonds is 5. The first-order valence-corrected chi connectivity index (χ1v) is 8.64. The van der Waals surface area contributed by atoms with Gasteiger partial charge in [0.15, 0.2) is 0 Å². The van der Waals surface area contributed by atoms with Gasteiger partial charge in [0.2, 0.25) is 10.0 Å². The fourth-order valence-electron chi connectivity index (χ4n) is 2.68. The number of sulfonamides is 1. The van der Waals surface area contributed by atoms with Gasteiger partial charge in [0.25, 0.3) is 0 Å². The first-order chi connectivity index (χ1) is 9.96. The molecule has 0 unspecified atom stereocenters.